The van der Waals surface area contributed by atoms with Crippen molar-refractivity contribution in [3.63, 3.8) is 0 Å². The van der Waals surface area contributed by atoms with Crippen LogP contribution in [0, 0.1) is 0 Å². The molecule has 0 radical (unpaired) electrons. The Morgan fingerprint density at radius 3 is 2.75 bits per heavy atom. The number of esters is 1. The van der Waals surface area contributed by atoms with E-state index in [-0.39, 0.29) is 18.6 Å². The van der Waals surface area contributed by atoms with Crippen LogP contribution in [-0.4, -0.2) is 57.4 Å². The molecule has 1 heterocycles. The summed E-state index contributed by atoms with van der Waals surface area (Å²) in [5.74, 6) is -0.436. The summed E-state index contributed by atoms with van der Waals surface area (Å²) in [7, 11) is 2.88. The van der Waals surface area contributed by atoms with Crippen molar-refractivity contribution in [2.45, 2.75) is 26.5 Å². The predicted molar refractivity (Wildman–Crippen MR) is 83.6 cm³/mol. The SMILES string of the molecule is CON(C)C(=O)Cn1nnc(-c2cccc(C(=O)OC(C)C)c2)n1. The highest BCUT2D eigenvalue weighted by molar-refractivity contribution is 5.90. The van der Waals surface area contributed by atoms with Gasteiger partial charge >= 0.3 is 5.97 Å². The van der Waals surface area contributed by atoms with Crippen LogP contribution in [0.15, 0.2) is 24.3 Å². The summed E-state index contributed by atoms with van der Waals surface area (Å²) in [4.78, 5) is 29.6. The molecule has 0 aliphatic carbocycles. The molecule has 24 heavy (non-hydrogen) atoms. The number of tetrazole rings is 1. The van der Waals surface area contributed by atoms with E-state index in [9.17, 15) is 9.59 Å². The molecule has 0 atom stereocenters. The van der Waals surface area contributed by atoms with Crippen LogP contribution in [0.5, 0.6) is 0 Å². The highest BCUT2D eigenvalue weighted by atomic mass is 16.7. The molecule has 128 valence electrons. The molecule has 0 spiro atoms. The number of carbonyl (C=O) groups is 2. The van der Waals surface area contributed by atoms with E-state index in [0.29, 0.717) is 17.0 Å². The van der Waals surface area contributed by atoms with Crippen LogP contribution in [0.1, 0.15) is 24.2 Å². The first-order chi connectivity index (χ1) is 11.4. The molecular weight excluding hydrogens is 314 g/mol. The van der Waals surface area contributed by atoms with Crippen molar-refractivity contribution in [3.05, 3.63) is 29.8 Å². The Morgan fingerprint density at radius 2 is 2.08 bits per heavy atom. The van der Waals surface area contributed by atoms with Crippen LogP contribution in [0.4, 0.5) is 0 Å². The minimum Gasteiger partial charge on any atom is -0.459 e. The lowest BCUT2D eigenvalue weighted by atomic mass is 10.1. The molecule has 0 fully saturated rings. The average Bonchev–Trinajstić information content (AvgIpc) is 3.02. The van der Waals surface area contributed by atoms with Crippen LogP contribution in [0.2, 0.25) is 0 Å². The summed E-state index contributed by atoms with van der Waals surface area (Å²) in [5, 5.41) is 12.9. The molecule has 2 rings (SSSR count). The Labute approximate surface area is 139 Å². The van der Waals surface area contributed by atoms with E-state index in [4.69, 9.17) is 9.57 Å². The van der Waals surface area contributed by atoms with Gasteiger partial charge in [-0.1, -0.05) is 12.1 Å². The molecule has 0 unspecified atom stereocenters. The van der Waals surface area contributed by atoms with Crippen molar-refractivity contribution in [1.82, 2.24) is 25.3 Å². The van der Waals surface area contributed by atoms with Gasteiger partial charge in [0.05, 0.1) is 18.8 Å². The first-order valence-corrected chi connectivity index (χ1v) is 7.30. The van der Waals surface area contributed by atoms with Crippen molar-refractivity contribution >= 4 is 11.9 Å². The maximum Gasteiger partial charge on any atom is 0.338 e. The van der Waals surface area contributed by atoms with Gasteiger partial charge in [0.2, 0.25) is 5.82 Å². The fourth-order valence-electron chi connectivity index (χ4n) is 1.82. The van der Waals surface area contributed by atoms with E-state index in [0.717, 1.165) is 9.86 Å². The van der Waals surface area contributed by atoms with Crippen molar-refractivity contribution in [3.8, 4) is 11.4 Å². The molecule has 1 aromatic heterocycles. The molecule has 9 nitrogen and oxygen atoms in total. The van der Waals surface area contributed by atoms with Crippen molar-refractivity contribution in [2.24, 2.45) is 0 Å². The third-order valence-corrected chi connectivity index (χ3v) is 3.05. The van der Waals surface area contributed by atoms with E-state index < -0.39 is 5.97 Å². The van der Waals surface area contributed by atoms with Crippen LogP contribution >= 0.6 is 0 Å². The van der Waals surface area contributed by atoms with E-state index in [2.05, 4.69) is 15.4 Å². The summed E-state index contributed by atoms with van der Waals surface area (Å²) in [6, 6.07) is 6.72. The molecule has 0 aliphatic heterocycles. The maximum atomic E-state index is 11.9. The summed E-state index contributed by atoms with van der Waals surface area (Å²) in [6.45, 7) is 3.46. The molecule has 0 N–H and O–H groups in total. The lowest BCUT2D eigenvalue weighted by Crippen LogP contribution is -2.30. The summed E-state index contributed by atoms with van der Waals surface area (Å²) in [5.41, 5.74) is 1.000. The lowest BCUT2D eigenvalue weighted by molar-refractivity contribution is -0.169. The van der Waals surface area contributed by atoms with Gasteiger partial charge in [-0.3, -0.25) is 9.63 Å². The molecule has 0 saturated heterocycles. The zero-order valence-electron chi connectivity index (χ0n) is 14.0. The van der Waals surface area contributed by atoms with E-state index in [1.165, 1.54) is 14.2 Å². The minimum absolute atomic E-state index is 0.105. The second-order valence-electron chi connectivity index (χ2n) is 5.25. The lowest BCUT2D eigenvalue weighted by Gasteiger charge is -2.12. The Hall–Kier alpha value is -2.81. The fourth-order valence-corrected chi connectivity index (χ4v) is 1.82. The molecule has 0 saturated carbocycles. The van der Waals surface area contributed by atoms with Gasteiger partial charge in [-0.2, -0.15) is 4.80 Å². The topological polar surface area (TPSA) is 99.4 Å². The van der Waals surface area contributed by atoms with E-state index in [1.54, 1.807) is 38.1 Å². The number of rotatable bonds is 6. The van der Waals surface area contributed by atoms with Gasteiger partial charge in [0.1, 0.15) is 6.54 Å². The van der Waals surface area contributed by atoms with Gasteiger partial charge in [0.15, 0.2) is 0 Å². The summed E-state index contributed by atoms with van der Waals surface area (Å²) in [6.07, 6.45) is -0.205. The molecule has 0 aliphatic rings. The number of hydroxylamine groups is 2. The number of hydrogen-bond donors (Lipinski definition) is 0. The third kappa shape index (κ3) is 4.35. The van der Waals surface area contributed by atoms with Gasteiger partial charge in [0.25, 0.3) is 5.91 Å². The van der Waals surface area contributed by atoms with Gasteiger partial charge in [0, 0.05) is 12.6 Å². The Morgan fingerprint density at radius 1 is 1.33 bits per heavy atom. The highest BCUT2D eigenvalue weighted by Crippen LogP contribution is 2.16. The van der Waals surface area contributed by atoms with Gasteiger partial charge < -0.3 is 4.74 Å². The fraction of sp³-hybridized carbons (Fsp3) is 0.400. The number of ether oxygens (including phenoxy) is 1. The van der Waals surface area contributed by atoms with Crippen LogP contribution in [0.3, 0.4) is 0 Å². The number of hydrogen-bond acceptors (Lipinski definition) is 7. The molecule has 1 amide bonds. The summed E-state index contributed by atoms with van der Waals surface area (Å²) < 4.78 is 5.16. The Bertz CT molecular complexity index is 728. The minimum atomic E-state index is -0.420. The van der Waals surface area contributed by atoms with Crippen LogP contribution in [0.25, 0.3) is 11.4 Å². The molecule has 2 aromatic rings. The molecular formula is C15H19N5O4. The monoisotopic (exact) mass is 333 g/mol. The van der Waals surface area contributed by atoms with Crippen LogP contribution < -0.4 is 0 Å². The van der Waals surface area contributed by atoms with Crippen molar-refractivity contribution in [1.29, 1.82) is 0 Å². The highest BCUT2D eigenvalue weighted by Gasteiger charge is 2.15. The van der Waals surface area contributed by atoms with E-state index in [1.807, 2.05) is 0 Å². The Kier molecular flexibility index (Phi) is 5.59. The quantitative estimate of drug-likeness (QED) is 0.572. The molecule has 9 heteroatoms. The van der Waals surface area contributed by atoms with Crippen molar-refractivity contribution < 1.29 is 19.2 Å². The number of nitrogens with zero attached hydrogens (tertiary/aromatic N) is 5. The summed E-state index contributed by atoms with van der Waals surface area (Å²) >= 11 is 0. The molecule has 0 bridgehead atoms. The largest absolute Gasteiger partial charge is 0.459 e. The predicted octanol–water partition coefficient (Wildman–Crippen LogP) is 0.925. The first-order valence-electron chi connectivity index (χ1n) is 7.30. The number of carbonyl (C=O) groups excluding carboxylic acids is 2. The van der Waals surface area contributed by atoms with Gasteiger partial charge in [-0.25, -0.2) is 9.86 Å². The van der Waals surface area contributed by atoms with Crippen LogP contribution in [-0.2, 0) is 20.9 Å². The second kappa shape index (κ2) is 7.64. The first kappa shape index (κ1) is 17.5. The zero-order chi connectivity index (χ0) is 17.7. The number of amides is 1. The standard InChI is InChI=1S/C15H19N5O4/c1-10(2)24-15(22)12-7-5-6-11(8-12)14-16-18-20(17-14)9-13(21)19(3)23-4/h5-8,10H,9H2,1-4H3. The molecule has 1 aromatic carbocycles. The second-order valence-corrected chi connectivity index (χ2v) is 5.25. The smallest absolute Gasteiger partial charge is 0.338 e. The number of likely N-dealkylation sites (N-methyl/N-ethyl adjacent to an activating group) is 1. The average molecular weight is 333 g/mol. The third-order valence-electron chi connectivity index (χ3n) is 3.05. The number of aromatic nitrogens is 4. The van der Waals surface area contributed by atoms with E-state index >= 15 is 0 Å². The maximum absolute atomic E-state index is 11.9. The van der Waals surface area contributed by atoms with Gasteiger partial charge in [-0.15, -0.1) is 10.2 Å². The normalized spacial score (nSPS) is 10.7. The Balaban J connectivity index is 2.15. The number of benzene rings is 1. The van der Waals surface area contributed by atoms with Gasteiger partial charge in [-0.05, 0) is 31.2 Å². The van der Waals surface area contributed by atoms with Crippen molar-refractivity contribution in [2.75, 3.05) is 14.2 Å². The zero-order valence-corrected chi connectivity index (χ0v) is 14.0.